The summed E-state index contributed by atoms with van der Waals surface area (Å²) in [6, 6.07) is 4.81. The van der Waals surface area contributed by atoms with Crippen LogP contribution < -0.4 is 4.74 Å². The molecule has 0 aliphatic carbocycles. The molecule has 18 heavy (non-hydrogen) atoms. The molecule has 1 atom stereocenters. The van der Waals surface area contributed by atoms with Crippen LogP contribution in [0.3, 0.4) is 0 Å². The molecular weight excluding hydrogens is 304 g/mol. The number of halogens is 1. The molecule has 0 aromatic heterocycles. The van der Waals surface area contributed by atoms with Crippen molar-refractivity contribution in [1.82, 2.24) is 0 Å². The number of hydrogen-bond acceptors (Lipinski definition) is 5. The fourth-order valence-electron chi connectivity index (χ4n) is 1.57. The highest BCUT2D eigenvalue weighted by molar-refractivity contribution is 9.10. The second-order valence-corrected chi connectivity index (χ2v) is 4.55. The van der Waals surface area contributed by atoms with Gasteiger partial charge in [0, 0.05) is 6.42 Å². The van der Waals surface area contributed by atoms with E-state index in [0.717, 1.165) is 0 Å². The predicted octanol–water partition coefficient (Wildman–Crippen LogP) is 1.93. The summed E-state index contributed by atoms with van der Waals surface area (Å²) in [4.78, 5) is 23.0. The van der Waals surface area contributed by atoms with E-state index >= 15 is 0 Å². The van der Waals surface area contributed by atoms with Crippen molar-refractivity contribution < 1.29 is 23.8 Å². The van der Waals surface area contributed by atoms with E-state index < -0.39 is 18.0 Å². The van der Waals surface area contributed by atoms with Crippen molar-refractivity contribution in [2.45, 2.75) is 12.5 Å². The van der Waals surface area contributed by atoms with Crippen molar-refractivity contribution in [2.24, 2.45) is 0 Å². The van der Waals surface area contributed by atoms with Crippen LogP contribution in [0, 0.1) is 0 Å². The van der Waals surface area contributed by atoms with Gasteiger partial charge >= 0.3 is 11.9 Å². The third-order valence-corrected chi connectivity index (χ3v) is 3.14. The van der Waals surface area contributed by atoms with Crippen LogP contribution in [0.4, 0.5) is 0 Å². The Morgan fingerprint density at radius 3 is 2.83 bits per heavy atom. The molecule has 1 heterocycles. The standard InChI is InChI=1S/C12H11BrO5/c1-16-9-3-2-7(6-8(9)13)11(14)18-10-4-5-17-12(10)15/h2-3,6,10H,4-5H2,1H3/t10-/m0/s1. The van der Waals surface area contributed by atoms with E-state index in [4.69, 9.17) is 14.2 Å². The maximum atomic E-state index is 11.8. The van der Waals surface area contributed by atoms with Gasteiger partial charge in [0.2, 0.25) is 6.10 Å². The van der Waals surface area contributed by atoms with Gasteiger partial charge in [0.25, 0.3) is 0 Å². The van der Waals surface area contributed by atoms with Crippen molar-refractivity contribution in [1.29, 1.82) is 0 Å². The Morgan fingerprint density at radius 1 is 1.50 bits per heavy atom. The number of carbonyl (C=O) groups is 2. The van der Waals surface area contributed by atoms with Gasteiger partial charge in [-0.1, -0.05) is 0 Å². The first kappa shape index (κ1) is 12.9. The summed E-state index contributed by atoms with van der Waals surface area (Å²) >= 11 is 3.28. The second kappa shape index (κ2) is 5.39. The Kier molecular flexibility index (Phi) is 3.86. The monoisotopic (exact) mass is 314 g/mol. The third-order valence-electron chi connectivity index (χ3n) is 2.52. The van der Waals surface area contributed by atoms with E-state index in [0.29, 0.717) is 28.8 Å². The Hall–Kier alpha value is -1.56. The number of carbonyl (C=O) groups excluding carboxylic acids is 2. The lowest BCUT2D eigenvalue weighted by Gasteiger charge is -2.09. The summed E-state index contributed by atoms with van der Waals surface area (Å²) in [6.07, 6.45) is -0.389. The molecule has 1 aliphatic rings. The summed E-state index contributed by atoms with van der Waals surface area (Å²) < 4.78 is 15.5. The lowest BCUT2D eigenvalue weighted by Crippen LogP contribution is -2.22. The zero-order valence-electron chi connectivity index (χ0n) is 9.64. The van der Waals surface area contributed by atoms with Crippen LogP contribution in [-0.4, -0.2) is 31.8 Å². The van der Waals surface area contributed by atoms with Gasteiger partial charge in [-0.2, -0.15) is 0 Å². The van der Waals surface area contributed by atoms with Crippen molar-refractivity contribution in [3.63, 3.8) is 0 Å². The first-order valence-corrected chi connectivity index (χ1v) is 6.12. The fourth-order valence-corrected chi connectivity index (χ4v) is 2.12. The number of benzene rings is 1. The van der Waals surface area contributed by atoms with Crippen LogP contribution in [0.2, 0.25) is 0 Å². The van der Waals surface area contributed by atoms with E-state index in [2.05, 4.69) is 15.9 Å². The minimum absolute atomic E-state index is 0.295. The maximum Gasteiger partial charge on any atom is 0.347 e. The molecule has 5 nitrogen and oxygen atoms in total. The molecule has 1 aromatic rings. The normalized spacial score (nSPS) is 18.3. The van der Waals surface area contributed by atoms with Crippen LogP contribution in [0.25, 0.3) is 0 Å². The number of cyclic esters (lactones) is 1. The highest BCUT2D eigenvalue weighted by Gasteiger charge is 2.30. The molecule has 0 N–H and O–H groups in total. The largest absolute Gasteiger partial charge is 0.496 e. The van der Waals surface area contributed by atoms with E-state index in [9.17, 15) is 9.59 Å². The lowest BCUT2D eigenvalue weighted by molar-refractivity contribution is -0.145. The van der Waals surface area contributed by atoms with Gasteiger partial charge in [-0.05, 0) is 34.1 Å². The molecule has 1 fully saturated rings. The quantitative estimate of drug-likeness (QED) is 0.798. The molecule has 0 amide bonds. The molecule has 0 saturated carbocycles. The highest BCUT2D eigenvalue weighted by Crippen LogP contribution is 2.26. The first-order valence-electron chi connectivity index (χ1n) is 5.33. The third kappa shape index (κ3) is 2.64. The van der Waals surface area contributed by atoms with Gasteiger partial charge in [-0.15, -0.1) is 0 Å². The van der Waals surface area contributed by atoms with Gasteiger partial charge in [-0.25, -0.2) is 9.59 Å². The van der Waals surface area contributed by atoms with Crippen LogP contribution in [-0.2, 0) is 14.3 Å². The summed E-state index contributed by atoms with van der Waals surface area (Å²) in [7, 11) is 1.53. The maximum absolute atomic E-state index is 11.8. The number of hydrogen-bond donors (Lipinski definition) is 0. The number of ether oxygens (including phenoxy) is 3. The molecule has 2 rings (SSSR count). The summed E-state index contributed by atoms with van der Waals surface area (Å²) in [5.74, 6) is -0.426. The molecule has 1 saturated heterocycles. The average molecular weight is 315 g/mol. The Bertz CT molecular complexity index is 485. The number of esters is 2. The molecule has 0 spiro atoms. The van der Waals surface area contributed by atoms with Crippen LogP contribution in [0.1, 0.15) is 16.8 Å². The number of rotatable bonds is 3. The number of methoxy groups -OCH3 is 1. The molecule has 0 bridgehead atoms. The van der Waals surface area contributed by atoms with Gasteiger partial charge in [0.1, 0.15) is 5.75 Å². The predicted molar refractivity (Wildman–Crippen MR) is 65.5 cm³/mol. The minimum atomic E-state index is -0.793. The van der Waals surface area contributed by atoms with Gasteiger partial charge in [-0.3, -0.25) is 0 Å². The summed E-state index contributed by atoms with van der Waals surface area (Å²) in [5, 5.41) is 0. The summed E-state index contributed by atoms with van der Waals surface area (Å²) in [5.41, 5.74) is 0.349. The average Bonchev–Trinajstić information content (AvgIpc) is 2.75. The van der Waals surface area contributed by atoms with Gasteiger partial charge in [0.15, 0.2) is 0 Å². The van der Waals surface area contributed by atoms with Gasteiger partial charge < -0.3 is 14.2 Å². The molecular formula is C12H11BrO5. The van der Waals surface area contributed by atoms with Crippen molar-refractivity contribution in [3.05, 3.63) is 28.2 Å². The molecule has 96 valence electrons. The molecule has 1 aliphatic heterocycles. The van der Waals surface area contributed by atoms with Crippen LogP contribution >= 0.6 is 15.9 Å². The van der Waals surface area contributed by atoms with E-state index in [1.54, 1.807) is 18.2 Å². The van der Waals surface area contributed by atoms with Crippen molar-refractivity contribution in [3.8, 4) is 5.75 Å². The lowest BCUT2D eigenvalue weighted by atomic mass is 10.2. The first-order chi connectivity index (χ1) is 8.61. The van der Waals surface area contributed by atoms with E-state index in [1.165, 1.54) is 7.11 Å². The topological polar surface area (TPSA) is 61.8 Å². The van der Waals surface area contributed by atoms with Gasteiger partial charge in [0.05, 0.1) is 23.8 Å². The van der Waals surface area contributed by atoms with Crippen LogP contribution in [0.5, 0.6) is 5.75 Å². The molecule has 6 heteroatoms. The SMILES string of the molecule is COc1ccc(C(=O)O[C@H]2CCOC2=O)cc1Br. The van der Waals surface area contributed by atoms with Crippen molar-refractivity contribution >= 4 is 27.9 Å². The van der Waals surface area contributed by atoms with E-state index in [-0.39, 0.29) is 0 Å². The Labute approximate surface area is 112 Å². The fraction of sp³-hybridized carbons (Fsp3) is 0.333. The molecule has 1 aromatic carbocycles. The Balaban J connectivity index is 2.09. The molecule has 0 unspecified atom stereocenters. The second-order valence-electron chi connectivity index (χ2n) is 3.70. The summed E-state index contributed by atoms with van der Waals surface area (Å²) in [6.45, 7) is 0.295. The highest BCUT2D eigenvalue weighted by atomic mass is 79.9. The van der Waals surface area contributed by atoms with E-state index in [1.807, 2.05) is 0 Å². The zero-order chi connectivity index (χ0) is 13.1. The van der Waals surface area contributed by atoms with Crippen LogP contribution in [0.15, 0.2) is 22.7 Å². The zero-order valence-corrected chi connectivity index (χ0v) is 11.2. The molecule has 0 radical (unpaired) electrons. The minimum Gasteiger partial charge on any atom is -0.496 e. The smallest absolute Gasteiger partial charge is 0.347 e. The van der Waals surface area contributed by atoms with Crippen molar-refractivity contribution in [2.75, 3.05) is 13.7 Å². The Morgan fingerprint density at radius 2 is 2.28 bits per heavy atom.